The van der Waals surface area contributed by atoms with Crippen LogP contribution in [0.2, 0.25) is 0 Å². The molecule has 0 aromatic carbocycles. The minimum atomic E-state index is 0.505. The van der Waals surface area contributed by atoms with Crippen LogP contribution in [0.3, 0.4) is 0 Å². The van der Waals surface area contributed by atoms with Crippen LogP contribution in [-0.2, 0) is 6.42 Å². The topological polar surface area (TPSA) is 25.2 Å². The van der Waals surface area contributed by atoms with Crippen molar-refractivity contribution in [2.45, 2.75) is 52.1 Å². The molecule has 1 aliphatic rings. The second-order valence-electron chi connectivity index (χ2n) is 4.94. The molecule has 1 aromatic rings. The van der Waals surface area contributed by atoms with Crippen LogP contribution in [0, 0.1) is 5.92 Å². The van der Waals surface area contributed by atoms with Gasteiger partial charge in [-0.1, -0.05) is 13.8 Å². The van der Waals surface area contributed by atoms with Crippen molar-refractivity contribution in [2.24, 2.45) is 5.92 Å². The summed E-state index contributed by atoms with van der Waals surface area (Å²) in [5.41, 5.74) is 1.38. The molecule has 1 aromatic heterocycles. The fraction of sp³-hybridized carbons (Fsp3) is 0.692. The zero-order valence-electron chi connectivity index (χ0n) is 9.92. The Morgan fingerprint density at radius 1 is 1.40 bits per heavy atom. The quantitative estimate of drug-likeness (QED) is 0.822. The molecule has 0 amide bonds. The summed E-state index contributed by atoms with van der Waals surface area (Å²) in [7, 11) is 0. The largest absolute Gasteiger partial charge is 0.469 e. The Hall–Kier alpha value is -0.760. The molecule has 0 aliphatic heterocycles. The average molecular weight is 207 g/mol. The second kappa shape index (κ2) is 4.40. The van der Waals surface area contributed by atoms with Crippen molar-refractivity contribution in [3.63, 3.8) is 0 Å². The first-order valence-corrected chi connectivity index (χ1v) is 6.01. The maximum Gasteiger partial charge on any atom is 0.108 e. The highest BCUT2D eigenvalue weighted by atomic mass is 16.3. The molecule has 0 radical (unpaired) electrons. The van der Waals surface area contributed by atoms with Gasteiger partial charge in [-0.25, -0.2) is 0 Å². The van der Waals surface area contributed by atoms with Crippen LogP contribution < -0.4 is 5.32 Å². The van der Waals surface area contributed by atoms with Crippen LogP contribution in [0.1, 0.15) is 51.0 Å². The Bertz CT molecular complexity index is 316. The minimum absolute atomic E-state index is 0.505. The van der Waals surface area contributed by atoms with Crippen LogP contribution in [0.15, 0.2) is 16.7 Å². The van der Waals surface area contributed by atoms with E-state index in [4.69, 9.17) is 4.42 Å². The van der Waals surface area contributed by atoms with Crippen molar-refractivity contribution in [1.82, 2.24) is 5.32 Å². The van der Waals surface area contributed by atoms with Gasteiger partial charge in [-0.3, -0.25) is 0 Å². The summed E-state index contributed by atoms with van der Waals surface area (Å²) >= 11 is 0. The molecule has 2 rings (SSSR count). The summed E-state index contributed by atoms with van der Waals surface area (Å²) in [5, 5.41) is 3.70. The zero-order valence-corrected chi connectivity index (χ0v) is 9.92. The zero-order chi connectivity index (χ0) is 10.8. The van der Waals surface area contributed by atoms with Crippen molar-refractivity contribution >= 4 is 0 Å². The summed E-state index contributed by atoms with van der Waals surface area (Å²) in [6.07, 6.45) is 5.41. The Morgan fingerprint density at radius 3 is 2.93 bits per heavy atom. The fourth-order valence-corrected chi connectivity index (χ4v) is 2.17. The van der Waals surface area contributed by atoms with E-state index in [9.17, 15) is 0 Å². The molecule has 2 heteroatoms. The number of aryl methyl sites for hydroxylation is 1. The summed E-state index contributed by atoms with van der Waals surface area (Å²) in [5.74, 6) is 1.87. The van der Waals surface area contributed by atoms with E-state index >= 15 is 0 Å². The lowest BCUT2D eigenvalue weighted by molar-refractivity contribution is 0.339. The standard InChI is InChI=1S/C13H21NO/c1-9(2)10(3)14-12-5-4-6-13-11(12)7-8-15-13/h7-10,12,14H,4-6H2,1-3H3/t10-,12-/m0/s1. The lowest BCUT2D eigenvalue weighted by Crippen LogP contribution is -2.35. The van der Waals surface area contributed by atoms with Gasteiger partial charge >= 0.3 is 0 Å². The molecule has 1 aliphatic carbocycles. The predicted octanol–water partition coefficient (Wildman–Crippen LogP) is 3.29. The Morgan fingerprint density at radius 2 is 2.20 bits per heavy atom. The monoisotopic (exact) mass is 207 g/mol. The van der Waals surface area contributed by atoms with E-state index in [2.05, 4.69) is 32.2 Å². The molecule has 0 spiro atoms. The minimum Gasteiger partial charge on any atom is -0.469 e. The number of nitrogens with one attached hydrogen (secondary N) is 1. The van der Waals surface area contributed by atoms with Gasteiger partial charge in [-0.15, -0.1) is 0 Å². The van der Waals surface area contributed by atoms with Crippen LogP contribution in [0.5, 0.6) is 0 Å². The van der Waals surface area contributed by atoms with Gasteiger partial charge in [0.25, 0.3) is 0 Å². The number of hydrogen-bond acceptors (Lipinski definition) is 2. The van der Waals surface area contributed by atoms with Gasteiger partial charge in [-0.05, 0) is 31.7 Å². The van der Waals surface area contributed by atoms with E-state index in [0.717, 1.165) is 6.42 Å². The summed E-state index contributed by atoms with van der Waals surface area (Å²) < 4.78 is 5.49. The number of rotatable bonds is 3. The van der Waals surface area contributed by atoms with Gasteiger partial charge in [0.1, 0.15) is 5.76 Å². The predicted molar refractivity (Wildman–Crippen MR) is 61.8 cm³/mol. The SMILES string of the molecule is CC(C)[C@H](C)N[C@H]1CCCc2occc21. The van der Waals surface area contributed by atoms with Gasteiger partial charge in [0, 0.05) is 24.1 Å². The summed E-state index contributed by atoms with van der Waals surface area (Å²) in [4.78, 5) is 0. The van der Waals surface area contributed by atoms with Gasteiger partial charge in [0.2, 0.25) is 0 Å². The molecule has 0 saturated carbocycles. The molecule has 1 heterocycles. The third-order valence-corrected chi connectivity index (χ3v) is 3.52. The number of hydrogen-bond donors (Lipinski definition) is 1. The van der Waals surface area contributed by atoms with Gasteiger partial charge in [0.05, 0.1) is 6.26 Å². The van der Waals surface area contributed by atoms with Gasteiger partial charge in [0.15, 0.2) is 0 Å². The van der Waals surface area contributed by atoms with E-state index in [1.54, 1.807) is 0 Å². The van der Waals surface area contributed by atoms with Gasteiger partial charge in [-0.2, -0.15) is 0 Å². The van der Waals surface area contributed by atoms with E-state index < -0.39 is 0 Å². The normalized spacial score (nSPS) is 22.8. The molecule has 2 nitrogen and oxygen atoms in total. The van der Waals surface area contributed by atoms with Crippen LogP contribution in [0.4, 0.5) is 0 Å². The smallest absolute Gasteiger partial charge is 0.108 e. The highest BCUT2D eigenvalue weighted by Gasteiger charge is 2.24. The van der Waals surface area contributed by atoms with Crippen molar-refractivity contribution in [3.05, 3.63) is 23.7 Å². The Kier molecular flexibility index (Phi) is 3.15. The first-order valence-electron chi connectivity index (χ1n) is 6.01. The average Bonchev–Trinajstić information content (AvgIpc) is 2.66. The highest BCUT2D eigenvalue weighted by molar-refractivity contribution is 5.24. The maximum absolute atomic E-state index is 5.49. The van der Waals surface area contributed by atoms with E-state index in [0.29, 0.717) is 18.0 Å². The van der Waals surface area contributed by atoms with Crippen molar-refractivity contribution in [2.75, 3.05) is 0 Å². The Balaban J connectivity index is 2.06. The number of furan rings is 1. The molecule has 0 bridgehead atoms. The first-order chi connectivity index (χ1) is 7.18. The van der Waals surface area contributed by atoms with Crippen molar-refractivity contribution < 1.29 is 4.42 Å². The molecule has 0 unspecified atom stereocenters. The van der Waals surface area contributed by atoms with E-state index in [1.165, 1.54) is 24.2 Å². The molecular formula is C13H21NO. The number of fused-ring (bicyclic) bond motifs is 1. The van der Waals surface area contributed by atoms with Crippen LogP contribution in [0.25, 0.3) is 0 Å². The maximum atomic E-state index is 5.49. The molecule has 0 saturated heterocycles. The molecule has 2 atom stereocenters. The molecular weight excluding hydrogens is 186 g/mol. The van der Waals surface area contributed by atoms with Crippen molar-refractivity contribution in [3.8, 4) is 0 Å². The van der Waals surface area contributed by atoms with Crippen molar-refractivity contribution in [1.29, 1.82) is 0 Å². The fourth-order valence-electron chi connectivity index (χ4n) is 2.17. The molecule has 1 N–H and O–H groups in total. The molecule has 0 fully saturated rings. The lowest BCUT2D eigenvalue weighted by atomic mass is 9.92. The van der Waals surface area contributed by atoms with Gasteiger partial charge < -0.3 is 9.73 Å². The summed E-state index contributed by atoms with van der Waals surface area (Å²) in [6.45, 7) is 6.78. The molecule has 15 heavy (non-hydrogen) atoms. The Labute approximate surface area is 92.1 Å². The third kappa shape index (κ3) is 2.25. The van der Waals surface area contributed by atoms with Crippen LogP contribution >= 0.6 is 0 Å². The second-order valence-corrected chi connectivity index (χ2v) is 4.94. The first kappa shape index (κ1) is 10.7. The summed E-state index contributed by atoms with van der Waals surface area (Å²) in [6, 6.07) is 3.19. The lowest BCUT2D eigenvalue weighted by Gasteiger charge is -2.28. The third-order valence-electron chi connectivity index (χ3n) is 3.52. The molecule has 84 valence electrons. The van der Waals surface area contributed by atoms with E-state index in [-0.39, 0.29) is 0 Å². The highest BCUT2D eigenvalue weighted by Crippen LogP contribution is 2.31. The van der Waals surface area contributed by atoms with Crippen LogP contribution in [-0.4, -0.2) is 6.04 Å². The van der Waals surface area contributed by atoms with E-state index in [1.807, 2.05) is 6.26 Å².